The van der Waals surface area contributed by atoms with Crippen LogP contribution in [0, 0.1) is 5.82 Å². The first kappa shape index (κ1) is 18.5. The highest BCUT2D eigenvalue weighted by molar-refractivity contribution is 9.10. The highest BCUT2D eigenvalue weighted by Crippen LogP contribution is 2.23. The molecule has 0 atom stereocenters. The average molecular weight is 447 g/mol. The fraction of sp³-hybridized carbons (Fsp3) is 0.312. The Morgan fingerprint density at radius 3 is 2.64 bits per heavy atom. The quantitative estimate of drug-likeness (QED) is 0.783. The lowest BCUT2D eigenvalue weighted by Gasteiger charge is -2.32. The Kier molecular flexibility index (Phi) is 5.57. The number of thiophene rings is 1. The number of hydrogen-bond acceptors (Lipinski definition) is 4. The molecule has 134 valence electrons. The number of nitrogens with zero attached hydrogens (tertiary/aromatic N) is 1. The van der Waals surface area contributed by atoms with Gasteiger partial charge >= 0.3 is 0 Å². The third-order valence-corrected chi connectivity index (χ3v) is 7.63. The molecule has 9 heteroatoms. The maximum atomic E-state index is 13.4. The molecule has 1 saturated heterocycles. The maximum Gasteiger partial charge on any atom is 0.255 e. The zero-order chi connectivity index (χ0) is 18.0. The van der Waals surface area contributed by atoms with E-state index in [0.717, 1.165) is 0 Å². The van der Waals surface area contributed by atoms with Crippen molar-refractivity contribution in [1.82, 2.24) is 9.62 Å². The molecule has 1 amide bonds. The van der Waals surface area contributed by atoms with Gasteiger partial charge in [-0.2, -0.15) is 0 Å². The Morgan fingerprint density at radius 2 is 2.00 bits per heavy atom. The SMILES string of the molecule is O=C(c1cc(F)ccc1Br)N1CCC(NS(=O)(=O)c2cccs2)CC1. The van der Waals surface area contributed by atoms with E-state index in [9.17, 15) is 17.6 Å². The van der Waals surface area contributed by atoms with Crippen molar-refractivity contribution < 1.29 is 17.6 Å². The van der Waals surface area contributed by atoms with E-state index >= 15 is 0 Å². The molecule has 1 aromatic heterocycles. The van der Waals surface area contributed by atoms with Crippen LogP contribution in [0.15, 0.2) is 44.4 Å². The van der Waals surface area contributed by atoms with Crippen molar-refractivity contribution >= 4 is 43.2 Å². The number of sulfonamides is 1. The number of carbonyl (C=O) groups excluding carboxylic acids is 1. The normalized spacial score (nSPS) is 16.2. The zero-order valence-corrected chi connectivity index (χ0v) is 16.3. The second-order valence-corrected chi connectivity index (χ2v) is 9.49. The van der Waals surface area contributed by atoms with Gasteiger partial charge in [0, 0.05) is 23.6 Å². The minimum atomic E-state index is -3.51. The molecule has 0 radical (unpaired) electrons. The summed E-state index contributed by atoms with van der Waals surface area (Å²) in [6.45, 7) is 0.832. The van der Waals surface area contributed by atoms with E-state index in [-0.39, 0.29) is 21.7 Å². The van der Waals surface area contributed by atoms with Crippen molar-refractivity contribution in [3.63, 3.8) is 0 Å². The molecule has 1 aliphatic rings. The summed E-state index contributed by atoms with van der Waals surface area (Å²) in [6.07, 6.45) is 1.03. The lowest BCUT2D eigenvalue weighted by atomic mass is 10.0. The molecule has 1 N–H and O–H groups in total. The van der Waals surface area contributed by atoms with E-state index in [4.69, 9.17) is 0 Å². The lowest BCUT2D eigenvalue weighted by Crippen LogP contribution is -2.46. The number of likely N-dealkylation sites (tertiary alicyclic amines) is 1. The van der Waals surface area contributed by atoms with Crippen LogP contribution in [0.1, 0.15) is 23.2 Å². The predicted molar refractivity (Wildman–Crippen MR) is 97.7 cm³/mol. The monoisotopic (exact) mass is 446 g/mol. The molecule has 0 spiro atoms. The molecule has 0 unspecified atom stereocenters. The van der Waals surface area contributed by atoms with Gasteiger partial charge in [0.25, 0.3) is 5.91 Å². The zero-order valence-electron chi connectivity index (χ0n) is 13.1. The molecule has 0 saturated carbocycles. The molecule has 1 aromatic carbocycles. The van der Waals surface area contributed by atoms with Crippen LogP contribution in [-0.4, -0.2) is 38.4 Å². The molecule has 0 bridgehead atoms. The smallest absolute Gasteiger partial charge is 0.255 e. The minimum Gasteiger partial charge on any atom is -0.338 e. The van der Waals surface area contributed by atoms with Crippen molar-refractivity contribution in [2.24, 2.45) is 0 Å². The number of nitrogens with one attached hydrogen (secondary N) is 1. The largest absolute Gasteiger partial charge is 0.338 e. The van der Waals surface area contributed by atoms with Gasteiger partial charge < -0.3 is 4.90 Å². The van der Waals surface area contributed by atoms with Crippen LogP contribution >= 0.6 is 27.3 Å². The summed E-state index contributed by atoms with van der Waals surface area (Å²) in [6, 6.07) is 7.03. The summed E-state index contributed by atoms with van der Waals surface area (Å²) in [4.78, 5) is 14.2. The highest BCUT2D eigenvalue weighted by atomic mass is 79.9. The summed E-state index contributed by atoms with van der Waals surface area (Å²) in [7, 11) is -3.51. The summed E-state index contributed by atoms with van der Waals surface area (Å²) in [5, 5.41) is 1.71. The summed E-state index contributed by atoms with van der Waals surface area (Å²) in [5.41, 5.74) is 0.276. The van der Waals surface area contributed by atoms with Gasteiger partial charge in [0.1, 0.15) is 10.0 Å². The number of hydrogen-bond donors (Lipinski definition) is 1. The summed E-state index contributed by atoms with van der Waals surface area (Å²) < 4.78 is 41.4. The van der Waals surface area contributed by atoms with Crippen LogP contribution in [0.25, 0.3) is 0 Å². The van der Waals surface area contributed by atoms with Gasteiger partial charge in [-0.25, -0.2) is 17.5 Å². The Balaban J connectivity index is 1.62. The molecular formula is C16H16BrFN2O3S2. The van der Waals surface area contributed by atoms with Gasteiger partial charge in [0.05, 0.1) is 5.56 Å². The van der Waals surface area contributed by atoms with E-state index in [1.807, 2.05) is 0 Å². The van der Waals surface area contributed by atoms with Crippen LogP contribution in [0.3, 0.4) is 0 Å². The minimum absolute atomic E-state index is 0.216. The molecule has 3 rings (SSSR count). The Hall–Kier alpha value is -1.29. The third-order valence-electron chi connectivity index (χ3n) is 4.02. The van der Waals surface area contributed by atoms with E-state index in [1.165, 1.54) is 29.5 Å². The van der Waals surface area contributed by atoms with Crippen molar-refractivity contribution in [2.75, 3.05) is 13.1 Å². The van der Waals surface area contributed by atoms with Crippen LogP contribution < -0.4 is 4.72 Å². The summed E-state index contributed by atoms with van der Waals surface area (Å²) >= 11 is 4.44. The van der Waals surface area contributed by atoms with E-state index < -0.39 is 15.8 Å². The van der Waals surface area contributed by atoms with Gasteiger partial charge in [-0.15, -0.1) is 11.3 Å². The van der Waals surface area contributed by atoms with Crippen LogP contribution in [0.5, 0.6) is 0 Å². The van der Waals surface area contributed by atoms with Crippen molar-refractivity contribution in [3.8, 4) is 0 Å². The number of rotatable bonds is 4. The van der Waals surface area contributed by atoms with Crippen molar-refractivity contribution in [3.05, 3.63) is 51.6 Å². The molecule has 1 aliphatic heterocycles. The number of carbonyl (C=O) groups is 1. The third kappa shape index (κ3) is 4.28. The van der Waals surface area contributed by atoms with Gasteiger partial charge in [-0.3, -0.25) is 4.79 Å². The summed E-state index contributed by atoms with van der Waals surface area (Å²) in [5.74, 6) is -0.726. The topological polar surface area (TPSA) is 66.5 Å². The molecule has 25 heavy (non-hydrogen) atoms. The molecule has 2 aromatic rings. The molecule has 2 heterocycles. The maximum absolute atomic E-state index is 13.4. The first-order valence-corrected chi connectivity index (χ1v) is 10.8. The highest BCUT2D eigenvalue weighted by Gasteiger charge is 2.28. The molecule has 1 fully saturated rings. The van der Waals surface area contributed by atoms with Gasteiger partial charge in [-0.1, -0.05) is 6.07 Å². The first-order valence-electron chi connectivity index (χ1n) is 7.67. The lowest BCUT2D eigenvalue weighted by molar-refractivity contribution is 0.0710. The van der Waals surface area contributed by atoms with E-state index in [2.05, 4.69) is 20.7 Å². The van der Waals surface area contributed by atoms with Crippen molar-refractivity contribution in [1.29, 1.82) is 0 Å². The number of piperidine rings is 1. The van der Waals surface area contributed by atoms with Crippen LogP contribution in [0.4, 0.5) is 4.39 Å². The molecular weight excluding hydrogens is 431 g/mol. The van der Waals surface area contributed by atoms with Gasteiger partial charge in [0.2, 0.25) is 10.0 Å². The van der Waals surface area contributed by atoms with Crippen LogP contribution in [0.2, 0.25) is 0 Å². The number of benzene rings is 1. The fourth-order valence-corrected chi connectivity index (χ4v) is 5.46. The average Bonchev–Trinajstić information content (AvgIpc) is 3.12. The van der Waals surface area contributed by atoms with Gasteiger partial charge in [-0.05, 0) is 58.4 Å². The Morgan fingerprint density at radius 1 is 1.28 bits per heavy atom. The predicted octanol–water partition coefficient (Wildman–Crippen LogP) is 3.23. The van der Waals surface area contributed by atoms with Crippen LogP contribution in [-0.2, 0) is 10.0 Å². The Bertz CT molecular complexity index is 864. The fourth-order valence-electron chi connectivity index (χ4n) is 2.73. The first-order chi connectivity index (χ1) is 11.9. The molecule has 5 nitrogen and oxygen atoms in total. The van der Waals surface area contributed by atoms with Gasteiger partial charge in [0.15, 0.2) is 0 Å². The number of halogens is 2. The van der Waals surface area contributed by atoms with E-state index in [1.54, 1.807) is 22.4 Å². The number of amides is 1. The second-order valence-electron chi connectivity index (χ2n) is 5.74. The second kappa shape index (κ2) is 7.53. The standard InChI is InChI=1S/C16H16BrFN2O3S2/c17-14-4-3-11(18)10-13(14)16(21)20-7-5-12(6-8-20)19-25(22,23)15-2-1-9-24-15/h1-4,9-10,12,19H,5-8H2. The van der Waals surface area contributed by atoms with Crippen molar-refractivity contribution in [2.45, 2.75) is 23.1 Å². The Labute approximate surface area is 158 Å². The molecule has 0 aliphatic carbocycles. The van der Waals surface area contributed by atoms with E-state index in [0.29, 0.717) is 30.4 Å².